The molecule has 1 heterocycles. The number of rotatable bonds is 8. The van der Waals surface area contributed by atoms with Crippen molar-refractivity contribution in [3.8, 4) is 0 Å². The zero-order chi connectivity index (χ0) is 14.3. The molecule has 4 nitrogen and oxygen atoms in total. The Hall–Kier alpha value is -0.680. The van der Waals surface area contributed by atoms with Crippen LogP contribution in [0.3, 0.4) is 0 Å². The van der Waals surface area contributed by atoms with Crippen LogP contribution in [-0.2, 0) is 6.54 Å². The van der Waals surface area contributed by atoms with Gasteiger partial charge in [0.2, 0.25) is 0 Å². The summed E-state index contributed by atoms with van der Waals surface area (Å²) in [6, 6.07) is 0.278. The van der Waals surface area contributed by atoms with E-state index in [9.17, 15) is 4.79 Å². The summed E-state index contributed by atoms with van der Waals surface area (Å²) in [6.07, 6.45) is 3.54. The average molecular weight is 304 g/mol. The highest BCUT2D eigenvalue weighted by Gasteiger charge is 2.11. The fourth-order valence-corrected chi connectivity index (χ4v) is 2.69. The quantitative estimate of drug-likeness (QED) is 0.749. The first-order chi connectivity index (χ1) is 9.10. The van der Waals surface area contributed by atoms with E-state index < -0.39 is 0 Å². The molecule has 1 atom stereocenters. The summed E-state index contributed by atoms with van der Waals surface area (Å²) in [5, 5.41) is 7.62. The Kier molecular flexibility index (Phi) is 7.31. The Morgan fingerprint density at radius 2 is 2.26 bits per heavy atom. The summed E-state index contributed by atoms with van der Waals surface area (Å²) in [4.78, 5) is 11.9. The predicted molar refractivity (Wildman–Crippen MR) is 84.5 cm³/mol. The van der Waals surface area contributed by atoms with Crippen LogP contribution in [0.2, 0.25) is 5.02 Å². The van der Waals surface area contributed by atoms with Gasteiger partial charge in [-0.3, -0.25) is 4.79 Å². The first-order valence-corrected chi connectivity index (χ1v) is 8.23. The Labute approximate surface area is 123 Å². The van der Waals surface area contributed by atoms with E-state index in [1.807, 2.05) is 18.7 Å². The van der Waals surface area contributed by atoms with E-state index in [4.69, 9.17) is 11.6 Å². The number of hydrogen-bond acceptors (Lipinski definition) is 4. The summed E-state index contributed by atoms with van der Waals surface area (Å²) in [5.74, 6) is 2.23. The molecule has 0 aliphatic heterocycles. The SMILES string of the molecule is CCCn1ncc(NC(C)CCSCC)c(Cl)c1=O. The molecular weight excluding hydrogens is 282 g/mol. The van der Waals surface area contributed by atoms with Crippen molar-refractivity contribution in [2.24, 2.45) is 0 Å². The Bertz CT molecular complexity index is 450. The topological polar surface area (TPSA) is 46.9 Å². The van der Waals surface area contributed by atoms with Crippen molar-refractivity contribution >= 4 is 29.1 Å². The second kappa shape index (κ2) is 8.48. The highest BCUT2D eigenvalue weighted by atomic mass is 35.5. The standard InChI is InChI=1S/C13H22ClN3OS/c1-4-7-17-13(18)12(14)11(9-15-17)16-10(3)6-8-19-5-2/h9-10,16H,4-8H2,1-3H3. The highest BCUT2D eigenvalue weighted by molar-refractivity contribution is 7.99. The highest BCUT2D eigenvalue weighted by Crippen LogP contribution is 2.17. The second-order valence-electron chi connectivity index (χ2n) is 4.43. The molecule has 0 amide bonds. The van der Waals surface area contributed by atoms with Crippen LogP contribution in [-0.4, -0.2) is 27.3 Å². The van der Waals surface area contributed by atoms with Crippen molar-refractivity contribution in [1.29, 1.82) is 0 Å². The van der Waals surface area contributed by atoms with Crippen molar-refractivity contribution in [2.45, 2.75) is 46.2 Å². The maximum absolute atomic E-state index is 11.9. The van der Waals surface area contributed by atoms with Crippen LogP contribution in [0, 0.1) is 0 Å². The summed E-state index contributed by atoms with van der Waals surface area (Å²) >= 11 is 8.01. The molecule has 1 unspecified atom stereocenters. The van der Waals surface area contributed by atoms with Gasteiger partial charge in [-0.05, 0) is 31.3 Å². The third-order valence-electron chi connectivity index (χ3n) is 2.72. The molecule has 0 bridgehead atoms. The fraction of sp³-hybridized carbons (Fsp3) is 0.692. The van der Waals surface area contributed by atoms with Gasteiger partial charge in [0.15, 0.2) is 0 Å². The number of nitrogens with zero attached hydrogens (tertiary/aromatic N) is 2. The Morgan fingerprint density at radius 3 is 2.89 bits per heavy atom. The smallest absolute Gasteiger partial charge is 0.287 e. The molecule has 108 valence electrons. The molecular formula is C13H22ClN3OS. The number of hydrogen-bond donors (Lipinski definition) is 1. The average Bonchev–Trinajstić information content (AvgIpc) is 2.39. The van der Waals surface area contributed by atoms with Crippen LogP contribution >= 0.6 is 23.4 Å². The van der Waals surface area contributed by atoms with Gasteiger partial charge in [-0.1, -0.05) is 25.4 Å². The van der Waals surface area contributed by atoms with Crippen LogP contribution in [0.25, 0.3) is 0 Å². The van der Waals surface area contributed by atoms with Gasteiger partial charge in [0, 0.05) is 12.6 Å². The number of thioether (sulfide) groups is 1. The first-order valence-electron chi connectivity index (χ1n) is 6.70. The molecule has 1 aromatic rings. The van der Waals surface area contributed by atoms with Gasteiger partial charge in [0.05, 0.1) is 11.9 Å². The van der Waals surface area contributed by atoms with Crippen molar-refractivity contribution < 1.29 is 0 Å². The third-order valence-corrected chi connectivity index (χ3v) is 4.02. The summed E-state index contributed by atoms with van der Waals surface area (Å²) in [6.45, 7) is 6.84. The van der Waals surface area contributed by atoms with Gasteiger partial charge in [0.1, 0.15) is 5.02 Å². The summed E-state index contributed by atoms with van der Waals surface area (Å²) in [5.41, 5.74) is 0.414. The third kappa shape index (κ3) is 5.07. The van der Waals surface area contributed by atoms with E-state index in [1.54, 1.807) is 6.20 Å². The van der Waals surface area contributed by atoms with Crippen LogP contribution in [0.5, 0.6) is 0 Å². The summed E-state index contributed by atoms with van der Waals surface area (Å²) < 4.78 is 1.41. The number of aromatic nitrogens is 2. The lowest BCUT2D eigenvalue weighted by Crippen LogP contribution is -2.26. The molecule has 0 aliphatic carbocycles. The summed E-state index contributed by atoms with van der Waals surface area (Å²) in [7, 11) is 0. The second-order valence-corrected chi connectivity index (χ2v) is 6.20. The maximum Gasteiger partial charge on any atom is 0.287 e. The first kappa shape index (κ1) is 16.4. The van der Waals surface area contributed by atoms with Crippen LogP contribution in [0.4, 0.5) is 5.69 Å². The fourth-order valence-electron chi connectivity index (χ4n) is 1.68. The monoisotopic (exact) mass is 303 g/mol. The van der Waals surface area contributed by atoms with Crippen molar-refractivity contribution in [1.82, 2.24) is 9.78 Å². The van der Waals surface area contributed by atoms with E-state index >= 15 is 0 Å². The van der Waals surface area contributed by atoms with Gasteiger partial charge < -0.3 is 5.32 Å². The molecule has 1 N–H and O–H groups in total. The zero-order valence-corrected chi connectivity index (χ0v) is 13.4. The molecule has 0 saturated carbocycles. The lowest BCUT2D eigenvalue weighted by Gasteiger charge is -2.16. The lowest BCUT2D eigenvalue weighted by molar-refractivity contribution is 0.568. The molecule has 0 fully saturated rings. The van der Waals surface area contributed by atoms with Gasteiger partial charge in [-0.15, -0.1) is 0 Å². The zero-order valence-electron chi connectivity index (χ0n) is 11.8. The largest absolute Gasteiger partial charge is 0.380 e. The van der Waals surface area contributed by atoms with E-state index in [2.05, 4.69) is 24.3 Å². The van der Waals surface area contributed by atoms with Crippen molar-refractivity contribution in [3.63, 3.8) is 0 Å². The van der Waals surface area contributed by atoms with Crippen LogP contribution in [0.15, 0.2) is 11.0 Å². The number of halogens is 1. The Balaban J connectivity index is 2.69. The minimum Gasteiger partial charge on any atom is -0.380 e. The maximum atomic E-state index is 11.9. The Morgan fingerprint density at radius 1 is 1.53 bits per heavy atom. The number of anilines is 1. The van der Waals surface area contributed by atoms with E-state index in [-0.39, 0.29) is 16.6 Å². The molecule has 19 heavy (non-hydrogen) atoms. The van der Waals surface area contributed by atoms with Gasteiger partial charge >= 0.3 is 0 Å². The van der Waals surface area contributed by atoms with Crippen LogP contribution < -0.4 is 10.9 Å². The van der Waals surface area contributed by atoms with Gasteiger partial charge in [-0.2, -0.15) is 16.9 Å². The molecule has 1 rings (SSSR count). The van der Waals surface area contributed by atoms with Crippen molar-refractivity contribution in [2.75, 3.05) is 16.8 Å². The van der Waals surface area contributed by atoms with E-state index in [0.717, 1.165) is 24.3 Å². The van der Waals surface area contributed by atoms with Gasteiger partial charge in [-0.25, -0.2) is 4.68 Å². The lowest BCUT2D eigenvalue weighted by atomic mass is 10.2. The van der Waals surface area contributed by atoms with Crippen LogP contribution in [0.1, 0.15) is 33.6 Å². The molecule has 0 aromatic carbocycles. The van der Waals surface area contributed by atoms with E-state index in [0.29, 0.717) is 12.2 Å². The molecule has 0 spiro atoms. The van der Waals surface area contributed by atoms with Crippen molar-refractivity contribution in [3.05, 3.63) is 21.6 Å². The van der Waals surface area contributed by atoms with E-state index in [1.165, 1.54) is 4.68 Å². The number of aryl methyl sites for hydroxylation is 1. The molecule has 6 heteroatoms. The molecule has 0 radical (unpaired) electrons. The predicted octanol–water partition coefficient (Wildman–Crippen LogP) is 3.25. The molecule has 1 aromatic heterocycles. The van der Waals surface area contributed by atoms with Gasteiger partial charge in [0.25, 0.3) is 5.56 Å². The number of nitrogens with one attached hydrogen (secondary N) is 1. The minimum absolute atomic E-state index is 0.219. The molecule has 0 aliphatic rings. The molecule has 0 saturated heterocycles. The normalized spacial score (nSPS) is 12.4. The minimum atomic E-state index is -0.219.